The maximum Gasteiger partial charge on any atom is 0.246 e. The quantitative estimate of drug-likeness (QED) is 0.422. The minimum absolute atomic E-state index is 0.129. The lowest BCUT2D eigenvalue weighted by Crippen LogP contribution is -2.32. The molecule has 1 amide bonds. The summed E-state index contributed by atoms with van der Waals surface area (Å²) in [5.74, 6) is 1.55. The summed E-state index contributed by atoms with van der Waals surface area (Å²) in [4.78, 5) is 18.4. The van der Waals surface area contributed by atoms with E-state index in [1.165, 1.54) is 9.21 Å². The van der Waals surface area contributed by atoms with Crippen LogP contribution >= 0.6 is 11.6 Å². The zero-order valence-corrected chi connectivity index (χ0v) is 20.9. The van der Waals surface area contributed by atoms with E-state index in [4.69, 9.17) is 25.6 Å². The number of ether oxygens (including phenoxy) is 2. The Balaban J connectivity index is 1.34. The van der Waals surface area contributed by atoms with Crippen LogP contribution in [0.1, 0.15) is 18.7 Å². The van der Waals surface area contributed by atoms with Crippen LogP contribution in [0.25, 0.3) is 11.4 Å². The highest BCUT2D eigenvalue weighted by Gasteiger charge is 2.22. The van der Waals surface area contributed by atoms with Gasteiger partial charge in [0.05, 0.1) is 18.5 Å². The molecule has 1 aliphatic rings. The van der Waals surface area contributed by atoms with Crippen molar-refractivity contribution in [2.24, 2.45) is 0 Å². The molecule has 0 bridgehead atoms. The number of halogens is 1. The fourth-order valence-electron chi connectivity index (χ4n) is 3.59. The van der Waals surface area contributed by atoms with Gasteiger partial charge >= 0.3 is 0 Å². The molecule has 0 unspecified atom stereocenters. The first-order chi connectivity index (χ1) is 16.7. The first-order valence-corrected chi connectivity index (χ1v) is 13.1. The summed E-state index contributed by atoms with van der Waals surface area (Å²) in [6.45, 7) is 1.11. The van der Waals surface area contributed by atoms with E-state index in [-0.39, 0.29) is 31.3 Å². The summed E-state index contributed by atoms with van der Waals surface area (Å²) < 4.78 is 42.4. The fourth-order valence-corrected chi connectivity index (χ4v) is 4.74. The fraction of sp³-hybridized carbons (Fsp3) is 0.348. The Morgan fingerprint density at radius 1 is 1.11 bits per heavy atom. The Labute approximate surface area is 208 Å². The highest BCUT2D eigenvalue weighted by molar-refractivity contribution is 7.92. The van der Waals surface area contributed by atoms with E-state index in [2.05, 4.69) is 10.1 Å². The van der Waals surface area contributed by atoms with Gasteiger partial charge in [-0.1, -0.05) is 28.9 Å². The topological polar surface area (TPSA) is 115 Å². The normalized spacial score (nSPS) is 12.9. The number of hydrogen-bond acceptors (Lipinski definition) is 8. The Hall–Kier alpha value is -3.31. The largest absolute Gasteiger partial charge is 0.486 e. The van der Waals surface area contributed by atoms with Crippen LogP contribution in [0.15, 0.2) is 47.0 Å². The summed E-state index contributed by atoms with van der Waals surface area (Å²) in [7, 11) is -1.94. The maximum absolute atomic E-state index is 12.6. The van der Waals surface area contributed by atoms with Crippen molar-refractivity contribution in [3.05, 3.63) is 53.4 Å². The Kier molecular flexibility index (Phi) is 7.46. The van der Waals surface area contributed by atoms with Crippen molar-refractivity contribution in [2.45, 2.75) is 19.4 Å². The third-order valence-electron chi connectivity index (χ3n) is 5.32. The van der Waals surface area contributed by atoms with Crippen molar-refractivity contribution in [2.75, 3.05) is 37.4 Å². The number of amides is 1. The van der Waals surface area contributed by atoms with Gasteiger partial charge in [-0.05, 0) is 30.7 Å². The lowest BCUT2D eigenvalue weighted by molar-refractivity contribution is -0.130. The summed E-state index contributed by atoms with van der Waals surface area (Å²) in [5.41, 5.74) is 1.17. The van der Waals surface area contributed by atoms with Gasteiger partial charge in [-0.15, -0.1) is 0 Å². The third-order valence-corrected chi connectivity index (χ3v) is 6.74. The van der Waals surface area contributed by atoms with Crippen molar-refractivity contribution in [1.82, 2.24) is 15.0 Å². The second-order valence-electron chi connectivity index (χ2n) is 8.04. The molecule has 1 aromatic heterocycles. The second kappa shape index (κ2) is 10.5. The van der Waals surface area contributed by atoms with E-state index < -0.39 is 10.0 Å². The lowest BCUT2D eigenvalue weighted by Gasteiger charge is -2.25. The van der Waals surface area contributed by atoms with E-state index in [9.17, 15) is 13.2 Å². The molecule has 0 aliphatic carbocycles. The number of aromatic nitrogens is 2. The molecule has 3 aromatic rings. The Morgan fingerprint density at radius 3 is 2.63 bits per heavy atom. The number of sulfonamides is 1. The Morgan fingerprint density at radius 2 is 1.89 bits per heavy atom. The van der Waals surface area contributed by atoms with Crippen LogP contribution in [0.3, 0.4) is 0 Å². The average molecular weight is 521 g/mol. The SMILES string of the molecule is CN(Cc1nc(-c2cccc(Cl)c2)no1)C(=O)CCCN(c1ccc2c(c1)OCCO2)S(C)(=O)=O. The molecular formula is C23H25ClN4O6S. The zero-order chi connectivity index (χ0) is 25.0. The van der Waals surface area contributed by atoms with Crippen LogP contribution in [0.2, 0.25) is 5.02 Å². The molecule has 0 N–H and O–H groups in total. The van der Waals surface area contributed by atoms with E-state index >= 15 is 0 Å². The van der Waals surface area contributed by atoms with Crippen LogP contribution in [0, 0.1) is 0 Å². The van der Waals surface area contributed by atoms with Gasteiger partial charge in [0.2, 0.25) is 27.6 Å². The van der Waals surface area contributed by atoms with Gasteiger partial charge in [0.15, 0.2) is 11.5 Å². The number of fused-ring (bicyclic) bond motifs is 1. The van der Waals surface area contributed by atoms with E-state index in [1.54, 1.807) is 43.4 Å². The van der Waals surface area contributed by atoms with Crippen molar-refractivity contribution < 1.29 is 27.2 Å². The predicted octanol–water partition coefficient (Wildman–Crippen LogP) is 3.37. The van der Waals surface area contributed by atoms with Gasteiger partial charge in [0.25, 0.3) is 0 Å². The zero-order valence-electron chi connectivity index (χ0n) is 19.3. The second-order valence-corrected chi connectivity index (χ2v) is 10.4. The van der Waals surface area contributed by atoms with Gasteiger partial charge in [0.1, 0.15) is 13.2 Å². The molecule has 0 atom stereocenters. The van der Waals surface area contributed by atoms with Crippen LogP contribution in [-0.4, -0.2) is 62.4 Å². The first-order valence-electron chi connectivity index (χ1n) is 10.9. The molecule has 2 aromatic carbocycles. The molecule has 4 rings (SSSR count). The van der Waals surface area contributed by atoms with Gasteiger partial charge in [-0.3, -0.25) is 9.10 Å². The van der Waals surface area contributed by atoms with Crippen molar-refractivity contribution in [1.29, 1.82) is 0 Å². The molecule has 0 saturated heterocycles. The number of anilines is 1. The molecule has 0 spiro atoms. The van der Waals surface area contributed by atoms with Crippen LogP contribution in [-0.2, 0) is 21.4 Å². The molecule has 2 heterocycles. The summed E-state index contributed by atoms with van der Waals surface area (Å²) in [6.07, 6.45) is 1.59. The van der Waals surface area contributed by atoms with E-state index in [0.717, 1.165) is 6.26 Å². The van der Waals surface area contributed by atoms with Gasteiger partial charge in [-0.25, -0.2) is 8.42 Å². The minimum Gasteiger partial charge on any atom is -0.486 e. The minimum atomic E-state index is -3.57. The van der Waals surface area contributed by atoms with Gasteiger partial charge < -0.3 is 18.9 Å². The highest BCUT2D eigenvalue weighted by Crippen LogP contribution is 2.34. The average Bonchev–Trinajstić information content (AvgIpc) is 3.29. The molecule has 12 heteroatoms. The molecule has 0 fully saturated rings. The summed E-state index contributed by atoms with van der Waals surface area (Å²) in [5, 5.41) is 4.50. The van der Waals surface area contributed by atoms with Gasteiger partial charge in [0, 0.05) is 36.7 Å². The molecular weight excluding hydrogens is 496 g/mol. The molecule has 1 aliphatic heterocycles. The van der Waals surface area contributed by atoms with E-state index in [1.807, 2.05) is 6.07 Å². The number of carbonyl (C=O) groups is 1. The number of rotatable bonds is 9. The van der Waals surface area contributed by atoms with Crippen LogP contribution in [0.4, 0.5) is 5.69 Å². The molecule has 0 radical (unpaired) electrons. The molecule has 0 saturated carbocycles. The smallest absolute Gasteiger partial charge is 0.246 e. The summed E-state index contributed by atoms with van der Waals surface area (Å²) >= 11 is 6.00. The highest BCUT2D eigenvalue weighted by atomic mass is 35.5. The molecule has 35 heavy (non-hydrogen) atoms. The maximum atomic E-state index is 12.6. The number of carbonyl (C=O) groups excluding carboxylic acids is 1. The van der Waals surface area contributed by atoms with Crippen molar-refractivity contribution in [3.63, 3.8) is 0 Å². The van der Waals surface area contributed by atoms with E-state index in [0.29, 0.717) is 53.2 Å². The lowest BCUT2D eigenvalue weighted by atomic mass is 10.2. The first kappa shape index (κ1) is 24.8. The summed E-state index contributed by atoms with van der Waals surface area (Å²) in [6, 6.07) is 12.0. The molecule has 186 valence electrons. The number of hydrogen-bond donors (Lipinski definition) is 0. The van der Waals surface area contributed by atoms with Crippen molar-refractivity contribution in [3.8, 4) is 22.9 Å². The van der Waals surface area contributed by atoms with Crippen LogP contribution in [0.5, 0.6) is 11.5 Å². The monoisotopic (exact) mass is 520 g/mol. The van der Waals surface area contributed by atoms with Crippen LogP contribution < -0.4 is 13.8 Å². The molecule has 10 nitrogen and oxygen atoms in total. The predicted molar refractivity (Wildman–Crippen MR) is 130 cm³/mol. The standard InChI is InChI=1S/C23H25ClN4O6S/c1-27(15-21-25-23(26-34-21)16-5-3-6-17(24)13-16)22(29)7-4-10-28(35(2,30)31)18-8-9-19-20(14-18)33-12-11-32-19/h3,5-6,8-9,13-14H,4,7,10-12,15H2,1-2H3. The number of benzene rings is 2. The Bertz CT molecular complexity index is 1310. The van der Waals surface area contributed by atoms with Gasteiger partial charge in [-0.2, -0.15) is 4.98 Å². The van der Waals surface area contributed by atoms with Crippen molar-refractivity contribution >= 4 is 33.2 Å². The number of nitrogens with zero attached hydrogens (tertiary/aromatic N) is 4. The third kappa shape index (κ3) is 6.23.